The van der Waals surface area contributed by atoms with E-state index in [1.807, 2.05) is 74.6 Å². The lowest BCUT2D eigenvalue weighted by Crippen LogP contribution is -2.37. The molecule has 5 atom stereocenters. The third kappa shape index (κ3) is 10.1. The van der Waals surface area contributed by atoms with Gasteiger partial charge < -0.3 is 44.5 Å². The maximum Gasteiger partial charge on any atom is 0.407 e. The molecule has 2 amide bonds. The molecule has 15 heteroatoms. The molecule has 1 spiro atoms. The van der Waals surface area contributed by atoms with Crippen LogP contribution in [0.1, 0.15) is 91.2 Å². The Morgan fingerprint density at radius 3 is 1.91 bits per heavy atom. The molecule has 0 saturated heterocycles. The Hall–Kier alpha value is -7.22. The summed E-state index contributed by atoms with van der Waals surface area (Å²) in [5.41, 5.74) is 14.2. The van der Waals surface area contributed by atoms with E-state index in [9.17, 15) is 24.1 Å². The van der Waals surface area contributed by atoms with Gasteiger partial charge in [0.25, 0.3) is 0 Å². The van der Waals surface area contributed by atoms with Crippen LogP contribution in [0.25, 0.3) is 32.8 Å². The zero-order valence-corrected chi connectivity index (χ0v) is 47.1. The Morgan fingerprint density at radius 2 is 1.34 bits per heavy atom. The van der Waals surface area contributed by atoms with Crippen molar-refractivity contribution in [2.24, 2.45) is 27.3 Å². The molecule has 1 aromatic heterocycles. The van der Waals surface area contributed by atoms with Gasteiger partial charge in [0, 0.05) is 108 Å². The summed E-state index contributed by atoms with van der Waals surface area (Å²) in [6.45, 7) is 10.7. The van der Waals surface area contributed by atoms with Crippen LogP contribution in [0.3, 0.4) is 0 Å². The highest BCUT2D eigenvalue weighted by Crippen LogP contribution is 2.99. The number of anilines is 3. The van der Waals surface area contributed by atoms with Crippen molar-refractivity contribution in [1.29, 1.82) is 0 Å². The van der Waals surface area contributed by atoms with Crippen LogP contribution in [0.4, 0.5) is 21.9 Å². The molecule has 3 N–H and O–H groups in total. The number of alkyl halides is 2. The van der Waals surface area contributed by atoms with E-state index in [-0.39, 0.29) is 46.8 Å². The number of nitroso groups, excluding NO2 is 1. The largest absolute Gasteiger partial charge is 0.487 e. The molecule has 3 saturated carbocycles. The average molecular weight is 1100 g/mol. The molecule has 3 fully saturated rings. The van der Waals surface area contributed by atoms with E-state index >= 15 is 0 Å². The Kier molecular flexibility index (Phi) is 15.7. The van der Waals surface area contributed by atoms with Crippen LogP contribution >= 0.6 is 23.2 Å². The van der Waals surface area contributed by atoms with Crippen LogP contribution in [0.15, 0.2) is 127 Å². The first kappa shape index (κ1) is 55.1. The van der Waals surface area contributed by atoms with Crippen molar-refractivity contribution in [3.05, 3.63) is 160 Å². The summed E-state index contributed by atoms with van der Waals surface area (Å²) < 4.78 is 11.7. The van der Waals surface area contributed by atoms with E-state index in [0.29, 0.717) is 42.5 Å². The minimum absolute atomic E-state index is 0.00604. The number of aromatic amines is 1. The fourth-order valence-corrected chi connectivity index (χ4v) is 13.5. The number of alkyl carbamates (subject to hydrolysis) is 1. The number of aryl methyl sites for hydroxylation is 1. The molecule has 4 aliphatic carbocycles. The lowest BCUT2D eigenvalue weighted by atomic mass is 9.76. The molecular weight excluding hydrogens is 1040 g/mol. The highest BCUT2D eigenvalue weighted by atomic mass is 35.5. The third-order valence-corrected chi connectivity index (χ3v) is 18.3. The van der Waals surface area contributed by atoms with Crippen LogP contribution in [-0.4, -0.2) is 87.7 Å². The van der Waals surface area contributed by atoms with Crippen molar-refractivity contribution >= 4 is 86.5 Å². The number of halogens is 2. The lowest BCUT2D eigenvalue weighted by molar-refractivity contribution is -0.121. The SMILES string of the molecule is CC(C)[C@@H](C)NC(=O)OCC1c2ccccc2-c2ccccc21.CN1C[C@@H](CCl)c2c1cc(NC(=O)CN=O)c1ccccc21.Cc1c[nH]c2c(OCc3ccccc3)cc3c(c12)[C@H](CCl)CN3C.O=CC12CC3(C=O)CC13C2. The second-order valence-corrected chi connectivity index (χ2v) is 23.3. The molecule has 7 aromatic rings. The van der Waals surface area contributed by atoms with E-state index in [1.165, 1.54) is 55.6 Å². The molecule has 0 radical (unpaired) electrons. The zero-order chi connectivity index (χ0) is 55.8. The number of carbonyl (C=O) groups is 4. The monoisotopic (exact) mass is 1100 g/mol. The Balaban J connectivity index is 0.000000123. The normalized spacial score (nSPS) is 22.3. The summed E-state index contributed by atoms with van der Waals surface area (Å²) in [5, 5.41) is 11.6. The van der Waals surface area contributed by atoms with E-state index < -0.39 is 5.91 Å². The van der Waals surface area contributed by atoms with Gasteiger partial charge in [0.1, 0.15) is 31.5 Å². The van der Waals surface area contributed by atoms with Gasteiger partial charge in [0.2, 0.25) is 5.91 Å². The Bertz CT molecular complexity index is 3390. The summed E-state index contributed by atoms with van der Waals surface area (Å²) in [6.07, 6.45) is 6.72. The lowest BCUT2D eigenvalue weighted by Gasteiger charge is -2.24. The fraction of sp³-hybridized carbons (Fsp3) is 0.375. The molecule has 6 aliphatic rings. The smallest absolute Gasteiger partial charge is 0.407 e. The Labute approximate surface area is 471 Å². The van der Waals surface area contributed by atoms with Gasteiger partial charge in [0.05, 0.1) is 11.2 Å². The van der Waals surface area contributed by atoms with Crippen molar-refractivity contribution < 1.29 is 28.7 Å². The maximum absolute atomic E-state index is 12.0. The first-order chi connectivity index (χ1) is 38.2. The minimum atomic E-state index is -0.408. The van der Waals surface area contributed by atoms with Gasteiger partial charge in [-0.3, -0.25) is 4.79 Å². The third-order valence-electron chi connectivity index (χ3n) is 17.6. The summed E-state index contributed by atoms with van der Waals surface area (Å²) in [4.78, 5) is 62.8. The van der Waals surface area contributed by atoms with Gasteiger partial charge in [-0.15, -0.1) is 23.2 Å². The van der Waals surface area contributed by atoms with E-state index in [2.05, 4.69) is 119 Å². The number of rotatable bonds is 14. The van der Waals surface area contributed by atoms with Crippen LogP contribution < -0.4 is 25.2 Å². The number of fused-ring (bicyclic) bond motifs is 9. The number of nitrogens with zero attached hydrogens (tertiary/aromatic N) is 3. The molecular formula is C64H68Cl2N6O7. The van der Waals surface area contributed by atoms with E-state index in [0.717, 1.165) is 72.7 Å². The number of amides is 2. The quantitative estimate of drug-likeness (QED) is 0.0547. The minimum Gasteiger partial charge on any atom is -0.487 e. The highest BCUT2D eigenvalue weighted by molar-refractivity contribution is 6.19. The predicted molar refractivity (Wildman–Crippen MR) is 316 cm³/mol. The second kappa shape index (κ2) is 22.5. The maximum atomic E-state index is 12.0. The van der Waals surface area contributed by atoms with E-state index in [1.54, 1.807) is 0 Å². The van der Waals surface area contributed by atoms with Gasteiger partial charge in [0.15, 0.2) is 6.54 Å². The summed E-state index contributed by atoms with van der Waals surface area (Å²) in [5.74, 6) is 2.83. The molecule has 2 unspecified atom stereocenters. The molecule has 2 aliphatic heterocycles. The van der Waals surface area contributed by atoms with E-state index in [4.69, 9.17) is 32.7 Å². The van der Waals surface area contributed by atoms with Gasteiger partial charge in [-0.05, 0) is 100 Å². The van der Waals surface area contributed by atoms with Crippen LogP contribution in [0, 0.1) is 34.0 Å². The molecule has 0 bridgehead atoms. The van der Waals surface area contributed by atoms with Crippen LogP contribution in [0.5, 0.6) is 5.75 Å². The number of ether oxygens (including phenoxy) is 2. The topological polar surface area (TPSA) is 162 Å². The van der Waals surface area contributed by atoms with Crippen molar-refractivity contribution in [3.8, 4) is 16.9 Å². The first-order valence-electron chi connectivity index (χ1n) is 27.2. The van der Waals surface area contributed by atoms with Crippen molar-refractivity contribution in [1.82, 2.24) is 10.3 Å². The van der Waals surface area contributed by atoms with Crippen LogP contribution in [0.2, 0.25) is 0 Å². The number of aldehydes is 2. The van der Waals surface area contributed by atoms with Gasteiger partial charge >= 0.3 is 6.09 Å². The van der Waals surface area contributed by atoms with Crippen molar-refractivity contribution in [3.63, 3.8) is 0 Å². The van der Waals surface area contributed by atoms with Crippen LogP contribution in [-0.2, 0) is 25.7 Å². The predicted octanol–water partition coefficient (Wildman–Crippen LogP) is 13.3. The number of nitrogens with one attached hydrogen (secondary N) is 3. The van der Waals surface area contributed by atoms with Gasteiger partial charge in [-0.1, -0.05) is 122 Å². The molecule has 13 rings (SSSR count). The molecule has 13 nitrogen and oxygen atoms in total. The fourth-order valence-electron chi connectivity index (χ4n) is 13.0. The average Bonchev–Trinajstić information content (AvgIpc) is 1.74. The number of likely N-dealkylation sites (N-methyl/N-ethyl adjacent to an activating group) is 2. The van der Waals surface area contributed by atoms with Crippen molar-refractivity contribution in [2.45, 2.75) is 77.4 Å². The zero-order valence-electron chi connectivity index (χ0n) is 45.6. The number of hydrogen-bond acceptors (Lipinski definition) is 10. The number of hydrogen-bond donors (Lipinski definition) is 3. The Morgan fingerprint density at radius 1 is 0.772 bits per heavy atom. The summed E-state index contributed by atoms with van der Waals surface area (Å²) >= 11 is 12.4. The highest BCUT2D eigenvalue weighted by Gasteiger charge is 2.96. The molecule has 6 aromatic carbocycles. The second-order valence-electron chi connectivity index (χ2n) is 22.7. The van der Waals surface area contributed by atoms with Crippen molar-refractivity contribution in [2.75, 3.05) is 67.2 Å². The van der Waals surface area contributed by atoms with Gasteiger partial charge in [-0.25, -0.2) is 4.79 Å². The van der Waals surface area contributed by atoms with Gasteiger partial charge in [-0.2, -0.15) is 4.91 Å². The number of H-pyrrole nitrogens is 1. The molecule has 79 heavy (non-hydrogen) atoms. The molecule has 3 heterocycles. The summed E-state index contributed by atoms with van der Waals surface area (Å²) in [7, 11) is 4.14. The number of aromatic nitrogens is 1. The number of carbonyl (C=O) groups excluding carboxylic acids is 4. The summed E-state index contributed by atoms with van der Waals surface area (Å²) in [6, 6.07) is 39.1. The standard InChI is InChI=1S/C20H21ClN2O.C20H23NO2.C16H16ClN3O2.C8H8O2/c1-13-10-22-20-17(24-12-14-6-4-3-5-7-14)8-16-19(18(13)20)15(9-21)11-23(16)2;1-13(2)14(3)21-20(22)23-12-19-17-10-6-4-8-15(17)16-9-5-7-11-18(16)19;1-20-9-10(7-17)16-12-5-3-2-4-11(12)13(6-14(16)20)19-15(21)8-18-22;9-4-6-1-7(5-10)3-8(6,7)2-6/h3-8,10,15,22H,9,11-12H2,1-2H3;4-11,13-14,19H,12H2,1-3H3,(H,21,22);2-6,10H,7-9H2,1H3,(H,19,21);4-5H,1-3H2/t15-;14-;10-;/m111./s1. The first-order valence-corrected chi connectivity index (χ1v) is 28.3. The number of benzene rings is 6. The molecule has 410 valence electrons.